The van der Waals surface area contributed by atoms with Gasteiger partial charge in [-0.05, 0) is 63.2 Å². The van der Waals surface area contributed by atoms with Gasteiger partial charge in [-0.3, -0.25) is 4.79 Å². The molecule has 2 aliphatic rings. The summed E-state index contributed by atoms with van der Waals surface area (Å²) in [5.74, 6) is 0.277. The van der Waals surface area contributed by atoms with E-state index in [0.29, 0.717) is 0 Å². The molecular weight excluding hydrogens is 280 g/mol. The second-order valence-electron chi connectivity index (χ2n) is 6.48. The molecule has 1 saturated heterocycles. The average Bonchev–Trinajstić information content (AvgIpc) is 3.07. The molecule has 1 aromatic rings. The van der Waals surface area contributed by atoms with Gasteiger partial charge in [-0.1, -0.05) is 13.3 Å². The number of aryl methyl sites for hydroxylation is 2. The molecule has 0 aromatic carbocycles. The van der Waals surface area contributed by atoms with E-state index in [2.05, 4.69) is 23.6 Å². The van der Waals surface area contributed by atoms with E-state index in [9.17, 15) is 4.79 Å². The van der Waals surface area contributed by atoms with Crippen LogP contribution >= 0.6 is 11.3 Å². The van der Waals surface area contributed by atoms with Gasteiger partial charge in [0.2, 0.25) is 5.91 Å². The molecule has 0 spiro atoms. The Morgan fingerprint density at radius 1 is 1.38 bits per heavy atom. The van der Waals surface area contributed by atoms with Gasteiger partial charge in [-0.25, -0.2) is 0 Å². The Balaban J connectivity index is 1.61. The molecule has 3 rings (SSSR count). The van der Waals surface area contributed by atoms with Crippen molar-refractivity contribution in [2.45, 2.75) is 58.4 Å². The van der Waals surface area contributed by atoms with Crippen LogP contribution in [0.1, 0.15) is 54.3 Å². The van der Waals surface area contributed by atoms with Gasteiger partial charge in [0.1, 0.15) is 0 Å². The molecule has 3 nitrogen and oxygen atoms in total. The molecule has 0 unspecified atom stereocenters. The predicted molar refractivity (Wildman–Crippen MR) is 87.6 cm³/mol. The zero-order valence-electron chi connectivity index (χ0n) is 13.0. The maximum atomic E-state index is 12.7. The Morgan fingerprint density at radius 2 is 2.19 bits per heavy atom. The van der Waals surface area contributed by atoms with Gasteiger partial charge in [0.05, 0.1) is 12.0 Å². The number of hydrogen-bond acceptors (Lipinski definition) is 3. The van der Waals surface area contributed by atoms with Crippen LogP contribution in [-0.4, -0.2) is 19.0 Å². The number of piperidine rings is 1. The number of thiophene rings is 1. The zero-order valence-corrected chi connectivity index (χ0v) is 13.8. The molecule has 0 bridgehead atoms. The van der Waals surface area contributed by atoms with E-state index in [-0.39, 0.29) is 11.3 Å². The van der Waals surface area contributed by atoms with Gasteiger partial charge in [0, 0.05) is 9.75 Å². The van der Waals surface area contributed by atoms with Crippen molar-refractivity contribution in [1.29, 1.82) is 0 Å². The van der Waals surface area contributed by atoms with Crippen molar-refractivity contribution in [3.63, 3.8) is 0 Å². The van der Waals surface area contributed by atoms with E-state index in [0.717, 1.165) is 45.3 Å². The monoisotopic (exact) mass is 306 g/mol. The number of nitrogens with one attached hydrogen (secondary N) is 2. The number of carbonyl (C=O) groups is 1. The van der Waals surface area contributed by atoms with E-state index in [1.54, 1.807) is 4.88 Å². The molecule has 116 valence electrons. The molecule has 0 saturated carbocycles. The second kappa shape index (κ2) is 6.49. The summed E-state index contributed by atoms with van der Waals surface area (Å²) in [6.45, 7) is 4.84. The lowest BCUT2D eigenvalue weighted by Gasteiger charge is -2.36. The Bertz CT molecular complexity index is 476. The molecule has 4 heteroatoms. The normalized spacial score (nSPS) is 20.2. The van der Waals surface area contributed by atoms with Gasteiger partial charge in [0.15, 0.2) is 0 Å². The van der Waals surface area contributed by atoms with Crippen molar-refractivity contribution in [3.05, 3.63) is 21.4 Å². The largest absolute Gasteiger partial charge is 0.351 e. The van der Waals surface area contributed by atoms with Crippen LogP contribution in [0.25, 0.3) is 0 Å². The van der Waals surface area contributed by atoms with Crippen LogP contribution in [0.3, 0.4) is 0 Å². The highest BCUT2D eigenvalue weighted by atomic mass is 32.1. The first-order chi connectivity index (χ1) is 10.2. The van der Waals surface area contributed by atoms with Crippen molar-refractivity contribution in [3.8, 4) is 0 Å². The molecule has 1 aliphatic carbocycles. The molecule has 21 heavy (non-hydrogen) atoms. The summed E-state index contributed by atoms with van der Waals surface area (Å²) in [6, 6.07) is 2.31. The van der Waals surface area contributed by atoms with Crippen molar-refractivity contribution < 1.29 is 4.79 Å². The quantitative estimate of drug-likeness (QED) is 0.878. The zero-order chi connectivity index (χ0) is 14.7. The van der Waals surface area contributed by atoms with Crippen LogP contribution in [0.15, 0.2) is 6.07 Å². The fourth-order valence-corrected chi connectivity index (χ4v) is 5.01. The minimum atomic E-state index is -0.125. The fraction of sp³-hybridized carbons (Fsp3) is 0.706. The van der Waals surface area contributed by atoms with Crippen molar-refractivity contribution in [2.24, 2.45) is 5.41 Å². The average molecular weight is 306 g/mol. The molecule has 2 N–H and O–H groups in total. The van der Waals surface area contributed by atoms with Crippen molar-refractivity contribution >= 4 is 17.2 Å². The predicted octanol–water partition coefficient (Wildman–Crippen LogP) is 3.02. The Hall–Kier alpha value is -0.870. The minimum Gasteiger partial charge on any atom is -0.351 e. The highest BCUT2D eigenvalue weighted by Crippen LogP contribution is 2.35. The highest BCUT2D eigenvalue weighted by molar-refractivity contribution is 7.12. The summed E-state index contributed by atoms with van der Waals surface area (Å²) in [6.07, 6.45) is 7.83. The SMILES string of the molecule is CCCC1(C(=O)NCc2cc3c(s2)CCC3)CCNCC1. The smallest absolute Gasteiger partial charge is 0.226 e. The molecule has 0 radical (unpaired) electrons. The third-order valence-electron chi connectivity index (χ3n) is 4.99. The van der Waals surface area contributed by atoms with E-state index in [4.69, 9.17) is 0 Å². The van der Waals surface area contributed by atoms with Crippen LogP contribution in [0.5, 0.6) is 0 Å². The van der Waals surface area contributed by atoms with Gasteiger partial charge >= 0.3 is 0 Å². The van der Waals surface area contributed by atoms with Gasteiger partial charge in [0.25, 0.3) is 0 Å². The van der Waals surface area contributed by atoms with Crippen LogP contribution in [0.4, 0.5) is 0 Å². The van der Waals surface area contributed by atoms with Crippen LogP contribution < -0.4 is 10.6 Å². The third kappa shape index (κ3) is 3.16. The molecule has 1 aliphatic heterocycles. The first kappa shape index (κ1) is 15.0. The van der Waals surface area contributed by atoms with E-state index in [1.165, 1.54) is 29.7 Å². The number of rotatable bonds is 5. The Kier molecular flexibility index (Phi) is 4.65. The number of amides is 1. The number of carbonyl (C=O) groups excluding carboxylic acids is 1. The van der Waals surface area contributed by atoms with Crippen LogP contribution in [0, 0.1) is 5.41 Å². The third-order valence-corrected chi connectivity index (χ3v) is 6.23. The topological polar surface area (TPSA) is 41.1 Å². The Morgan fingerprint density at radius 3 is 2.90 bits per heavy atom. The lowest BCUT2D eigenvalue weighted by Crippen LogP contribution is -2.47. The van der Waals surface area contributed by atoms with Crippen LogP contribution in [-0.2, 0) is 24.2 Å². The molecule has 1 fully saturated rings. The lowest BCUT2D eigenvalue weighted by atomic mass is 9.74. The fourth-order valence-electron chi connectivity index (χ4n) is 3.81. The van der Waals surface area contributed by atoms with E-state index in [1.807, 2.05) is 11.3 Å². The summed E-state index contributed by atoms with van der Waals surface area (Å²) in [5.41, 5.74) is 1.40. The highest BCUT2D eigenvalue weighted by Gasteiger charge is 2.38. The van der Waals surface area contributed by atoms with Crippen molar-refractivity contribution in [2.75, 3.05) is 13.1 Å². The molecule has 0 atom stereocenters. The van der Waals surface area contributed by atoms with Gasteiger partial charge in [-0.15, -0.1) is 11.3 Å². The minimum absolute atomic E-state index is 0.125. The molecule has 2 heterocycles. The number of fused-ring (bicyclic) bond motifs is 1. The maximum Gasteiger partial charge on any atom is 0.226 e. The standard InChI is InChI=1S/C17H26N2OS/c1-2-6-17(7-9-18-10-8-17)16(20)19-12-14-11-13-4-3-5-15(13)21-14/h11,18H,2-10,12H2,1H3,(H,19,20). The summed E-state index contributed by atoms with van der Waals surface area (Å²) in [7, 11) is 0. The van der Waals surface area contributed by atoms with E-state index >= 15 is 0 Å². The molecule has 1 aromatic heterocycles. The maximum absolute atomic E-state index is 12.7. The van der Waals surface area contributed by atoms with Gasteiger partial charge in [-0.2, -0.15) is 0 Å². The first-order valence-corrected chi connectivity index (χ1v) is 9.15. The summed E-state index contributed by atoms with van der Waals surface area (Å²) >= 11 is 1.90. The summed E-state index contributed by atoms with van der Waals surface area (Å²) in [5, 5.41) is 6.60. The van der Waals surface area contributed by atoms with E-state index < -0.39 is 0 Å². The lowest BCUT2D eigenvalue weighted by molar-refractivity contribution is -0.133. The first-order valence-electron chi connectivity index (χ1n) is 8.33. The number of hydrogen-bond donors (Lipinski definition) is 2. The summed E-state index contributed by atoms with van der Waals surface area (Å²) < 4.78 is 0. The summed E-state index contributed by atoms with van der Waals surface area (Å²) in [4.78, 5) is 15.6. The second-order valence-corrected chi connectivity index (χ2v) is 7.70. The molecule has 1 amide bonds. The van der Waals surface area contributed by atoms with Gasteiger partial charge < -0.3 is 10.6 Å². The molecular formula is C17H26N2OS. The van der Waals surface area contributed by atoms with Crippen molar-refractivity contribution in [1.82, 2.24) is 10.6 Å². The Labute approximate surface area is 131 Å². The van der Waals surface area contributed by atoms with Crippen LogP contribution in [0.2, 0.25) is 0 Å².